The number of pyridine rings is 2. The minimum atomic E-state index is -0.773. The fraction of sp³-hybridized carbons (Fsp3) is 0.400. The Balaban J connectivity index is 2.14. The summed E-state index contributed by atoms with van der Waals surface area (Å²) in [6, 6.07) is 7.54. The zero-order chi connectivity index (χ0) is 34.1. The summed E-state index contributed by atoms with van der Waals surface area (Å²) < 4.78 is 0.527. The standard InChI is InChI=1S/C30H41N7O9/c1-3-4-11-24(35(44)22-38)29(42)33(21-10-17-32-28(41)23-12-7-14-26(39)36(23)45)18-5-6-19-34(20-9-16-31-2)30(43)25-13-8-15-27(40)37(25)46/h3-4,7-8,11-15,22,31,44-46H,5-6,9-10,16-21H2,1-2H3,(H,32,41)/b4-3-,24-11-. The molecule has 16 heteroatoms. The second-order valence-electron chi connectivity index (χ2n) is 10.0. The third-order valence-electron chi connectivity index (χ3n) is 6.75. The van der Waals surface area contributed by atoms with Crippen molar-refractivity contribution >= 4 is 24.1 Å². The summed E-state index contributed by atoms with van der Waals surface area (Å²) in [6.45, 7) is 3.19. The van der Waals surface area contributed by atoms with Crippen LogP contribution in [0, 0.1) is 0 Å². The van der Waals surface area contributed by atoms with E-state index in [2.05, 4.69) is 10.6 Å². The van der Waals surface area contributed by atoms with Gasteiger partial charge in [-0.2, -0.15) is 5.06 Å². The lowest BCUT2D eigenvalue weighted by atomic mass is 10.2. The van der Waals surface area contributed by atoms with Gasteiger partial charge in [0.2, 0.25) is 6.41 Å². The summed E-state index contributed by atoms with van der Waals surface area (Å²) in [5.41, 5.74) is -2.26. The summed E-state index contributed by atoms with van der Waals surface area (Å²) in [5, 5.41) is 35.7. The number of carbonyl (C=O) groups excluding carboxylic acids is 4. The number of amides is 4. The number of hydrogen-bond acceptors (Lipinski definition) is 10. The molecule has 0 saturated heterocycles. The van der Waals surface area contributed by atoms with Crippen LogP contribution >= 0.6 is 0 Å². The molecule has 0 radical (unpaired) electrons. The van der Waals surface area contributed by atoms with Crippen molar-refractivity contribution in [2.24, 2.45) is 0 Å². The Bertz CT molecular complexity index is 1520. The number of nitrogens with one attached hydrogen (secondary N) is 2. The van der Waals surface area contributed by atoms with Crippen molar-refractivity contribution in [2.75, 3.05) is 46.3 Å². The van der Waals surface area contributed by atoms with Crippen molar-refractivity contribution < 1.29 is 34.8 Å². The van der Waals surface area contributed by atoms with E-state index in [1.54, 1.807) is 20.0 Å². The zero-order valence-electron chi connectivity index (χ0n) is 25.9. The average molecular weight is 644 g/mol. The van der Waals surface area contributed by atoms with Crippen molar-refractivity contribution in [2.45, 2.75) is 32.6 Å². The number of carbonyl (C=O) groups is 4. The molecule has 5 N–H and O–H groups in total. The van der Waals surface area contributed by atoms with Crippen LogP contribution in [-0.4, -0.2) is 110 Å². The highest BCUT2D eigenvalue weighted by molar-refractivity contribution is 5.95. The van der Waals surface area contributed by atoms with E-state index in [9.17, 15) is 44.4 Å². The van der Waals surface area contributed by atoms with Crippen molar-refractivity contribution in [1.29, 1.82) is 0 Å². The summed E-state index contributed by atoms with van der Waals surface area (Å²) in [4.78, 5) is 76.7. The smallest absolute Gasteiger partial charge is 0.283 e. The molecule has 250 valence electrons. The summed E-state index contributed by atoms with van der Waals surface area (Å²) in [5.74, 6) is -1.91. The van der Waals surface area contributed by atoms with Gasteiger partial charge < -0.3 is 30.8 Å². The van der Waals surface area contributed by atoms with Crippen molar-refractivity contribution in [3.8, 4) is 0 Å². The number of unbranched alkanes of at least 4 members (excludes halogenated alkanes) is 1. The van der Waals surface area contributed by atoms with Crippen molar-refractivity contribution in [3.05, 3.63) is 92.4 Å². The molecule has 0 fully saturated rings. The van der Waals surface area contributed by atoms with Gasteiger partial charge in [-0.1, -0.05) is 24.3 Å². The molecule has 2 aromatic rings. The molecule has 0 aliphatic heterocycles. The van der Waals surface area contributed by atoms with Gasteiger partial charge in [0.05, 0.1) is 0 Å². The zero-order valence-corrected chi connectivity index (χ0v) is 25.9. The lowest BCUT2D eigenvalue weighted by Gasteiger charge is -2.27. The van der Waals surface area contributed by atoms with Crippen LogP contribution in [0.3, 0.4) is 0 Å². The van der Waals surface area contributed by atoms with Gasteiger partial charge in [-0.3, -0.25) is 34.0 Å². The highest BCUT2D eigenvalue weighted by Gasteiger charge is 2.23. The number of rotatable bonds is 19. The molecule has 0 aliphatic carbocycles. The van der Waals surface area contributed by atoms with Crippen LogP contribution in [-0.2, 0) is 9.59 Å². The van der Waals surface area contributed by atoms with Crippen LogP contribution < -0.4 is 21.8 Å². The van der Waals surface area contributed by atoms with Gasteiger partial charge in [-0.25, -0.2) is 0 Å². The Kier molecular flexibility index (Phi) is 15.5. The highest BCUT2D eigenvalue weighted by atomic mass is 16.5. The van der Waals surface area contributed by atoms with Gasteiger partial charge in [0.25, 0.3) is 28.8 Å². The quantitative estimate of drug-likeness (QED) is 0.0269. The van der Waals surface area contributed by atoms with Gasteiger partial charge in [0, 0.05) is 44.9 Å². The molecule has 16 nitrogen and oxygen atoms in total. The third kappa shape index (κ3) is 10.7. The Morgan fingerprint density at radius 1 is 0.826 bits per heavy atom. The first-order valence-electron chi connectivity index (χ1n) is 14.7. The minimum Gasteiger partial charge on any atom is -0.425 e. The Morgan fingerprint density at radius 3 is 1.98 bits per heavy atom. The predicted octanol–water partition coefficient (Wildman–Crippen LogP) is 0.273. The number of allylic oxidation sites excluding steroid dienone is 3. The molecular formula is C30H41N7O9. The Hall–Kier alpha value is -5.22. The van der Waals surface area contributed by atoms with E-state index in [-0.39, 0.29) is 65.9 Å². The molecule has 46 heavy (non-hydrogen) atoms. The van der Waals surface area contributed by atoms with Gasteiger partial charge in [0.15, 0.2) is 0 Å². The molecule has 0 atom stereocenters. The highest BCUT2D eigenvalue weighted by Crippen LogP contribution is 2.11. The number of hydroxylamine groups is 2. The van der Waals surface area contributed by atoms with Crippen LogP contribution in [0.2, 0.25) is 0 Å². The van der Waals surface area contributed by atoms with Crippen LogP contribution in [0.5, 0.6) is 0 Å². The third-order valence-corrected chi connectivity index (χ3v) is 6.75. The SMILES string of the molecule is C/C=C\C=C(\C(=O)N(CCCCN(CCCNC)C(=O)c1cccc(=O)n1O)CCCNC(=O)c1cccc(=O)n1O)N(O)C=O. The Morgan fingerprint density at radius 2 is 1.37 bits per heavy atom. The molecule has 0 bridgehead atoms. The number of hydrogen-bond donors (Lipinski definition) is 5. The maximum absolute atomic E-state index is 13.4. The molecule has 2 aromatic heterocycles. The molecule has 4 amide bonds. The lowest BCUT2D eigenvalue weighted by molar-refractivity contribution is -0.149. The minimum absolute atomic E-state index is 0.0593. The van der Waals surface area contributed by atoms with E-state index in [1.807, 2.05) is 0 Å². The topological polar surface area (TPSA) is 207 Å². The molecule has 0 spiro atoms. The molecule has 2 rings (SSSR count). The molecule has 2 heterocycles. The first-order valence-corrected chi connectivity index (χ1v) is 14.7. The first-order chi connectivity index (χ1) is 22.1. The van der Waals surface area contributed by atoms with E-state index in [0.29, 0.717) is 37.1 Å². The first kappa shape index (κ1) is 37.0. The van der Waals surface area contributed by atoms with Crippen LogP contribution in [0.1, 0.15) is 53.6 Å². The molecule has 0 aliphatic rings. The van der Waals surface area contributed by atoms with Crippen molar-refractivity contribution in [3.63, 3.8) is 0 Å². The maximum atomic E-state index is 13.4. The van der Waals surface area contributed by atoms with E-state index in [0.717, 1.165) is 12.1 Å². The fourth-order valence-electron chi connectivity index (χ4n) is 4.35. The van der Waals surface area contributed by atoms with E-state index < -0.39 is 28.8 Å². The lowest BCUT2D eigenvalue weighted by Crippen LogP contribution is -2.40. The predicted molar refractivity (Wildman–Crippen MR) is 166 cm³/mol. The number of aromatic nitrogens is 2. The van der Waals surface area contributed by atoms with E-state index in [4.69, 9.17) is 0 Å². The Labute approximate surface area is 265 Å². The van der Waals surface area contributed by atoms with Gasteiger partial charge in [-0.05, 0) is 64.4 Å². The van der Waals surface area contributed by atoms with E-state index in [1.165, 1.54) is 46.2 Å². The van der Waals surface area contributed by atoms with Crippen LogP contribution in [0.15, 0.2) is 69.9 Å². The van der Waals surface area contributed by atoms with Gasteiger partial charge >= 0.3 is 0 Å². The van der Waals surface area contributed by atoms with Crippen molar-refractivity contribution in [1.82, 2.24) is 35.0 Å². The molecule has 0 saturated carbocycles. The van der Waals surface area contributed by atoms with Gasteiger partial charge in [-0.15, -0.1) is 9.46 Å². The monoisotopic (exact) mass is 643 g/mol. The largest absolute Gasteiger partial charge is 0.425 e. The summed E-state index contributed by atoms with van der Waals surface area (Å²) in [7, 11) is 1.77. The maximum Gasteiger partial charge on any atom is 0.283 e. The fourth-order valence-corrected chi connectivity index (χ4v) is 4.35. The van der Waals surface area contributed by atoms with E-state index >= 15 is 0 Å². The average Bonchev–Trinajstić information content (AvgIpc) is 3.05. The van der Waals surface area contributed by atoms with Crippen LogP contribution in [0.4, 0.5) is 0 Å². The molecule has 0 unspecified atom stereocenters. The normalized spacial score (nSPS) is 11.3. The number of nitrogens with zero attached hydrogens (tertiary/aromatic N) is 5. The van der Waals surface area contributed by atoms with Crippen LogP contribution in [0.25, 0.3) is 0 Å². The summed E-state index contributed by atoms with van der Waals surface area (Å²) in [6.07, 6.45) is 6.09. The molecule has 0 aromatic carbocycles. The van der Waals surface area contributed by atoms with Gasteiger partial charge in [0.1, 0.15) is 17.1 Å². The second-order valence-corrected chi connectivity index (χ2v) is 10.0. The molecular weight excluding hydrogens is 602 g/mol. The summed E-state index contributed by atoms with van der Waals surface area (Å²) >= 11 is 0. The second kappa shape index (κ2) is 19.2.